The van der Waals surface area contributed by atoms with Gasteiger partial charge in [0.1, 0.15) is 5.65 Å². The average molecular weight is 393 g/mol. The summed E-state index contributed by atoms with van der Waals surface area (Å²) >= 11 is 0. The summed E-state index contributed by atoms with van der Waals surface area (Å²) in [4.78, 5) is 6.70. The van der Waals surface area contributed by atoms with Gasteiger partial charge in [-0.05, 0) is 18.6 Å². The fourth-order valence-corrected chi connectivity index (χ4v) is 4.04. The van der Waals surface area contributed by atoms with Crippen LogP contribution in [0.5, 0.6) is 0 Å². The molecule has 0 unspecified atom stereocenters. The fraction of sp³-hybridized carbons (Fsp3) is 0.333. The van der Waals surface area contributed by atoms with Gasteiger partial charge in [-0.15, -0.1) is 0 Å². The van der Waals surface area contributed by atoms with Crippen LogP contribution in [0.4, 0.5) is 15.8 Å². The second-order valence-corrected chi connectivity index (χ2v) is 7.58. The molecule has 0 saturated carbocycles. The molecule has 0 bridgehead atoms. The summed E-state index contributed by atoms with van der Waals surface area (Å²) in [6.45, 7) is 6.33. The molecule has 1 aromatic carbocycles. The number of halogens is 1. The first-order valence-corrected chi connectivity index (χ1v) is 9.88. The van der Waals surface area contributed by atoms with Crippen LogP contribution >= 0.6 is 0 Å². The summed E-state index contributed by atoms with van der Waals surface area (Å²) in [6.07, 6.45) is 5.70. The molecular weight excluding hydrogens is 369 g/mol. The molecule has 7 nitrogen and oxygen atoms in total. The summed E-state index contributed by atoms with van der Waals surface area (Å²) in [5.74, 6) is -0.308. The number of nitrogens with zero attached hydrogens (tertiary/aromatic N) is 5. The van der Waals surface area contributed by atoms with Crippen LogP contribution in [0.2, 0.25) is 0 Å². The maximum atomic E-state index is 14.5. The second-order valence-electron chi connectivity index (χ2n) is 7.58. The number of aryl methyl sites for hydroxylation is 2. The summed E-state index contributed by atoms with van der Waals surface area (Å²) in [7, 11) is 1.94. The molecule has 0 radical (unpaired) electrons. The number of nitrogens with one attached hydrogen (secondary N) is 2. The van der Waals surface area contributed by atoms with E-state index >= 15 is 0 Å². The summed E-state index contributed by atoms with van der Waals surface area (Å²) < 4.78 is 18.2. The number of pyridine rings is 1. The van der Waals surface area contributed by atoms with Crippen LogP contribution in [-0.2, 0) is 13.6 Å². The first-order valence-electron chi connectivity index (χ1n) is 9.88. The third-order valence-electron chi connectivity index (χ3n) is 5.44. The van der Waals surface area contributed by atoms with Gasteiger partial charge < -0.3 is 19.9 Å². The molecule has 5 rings (SSSR count). The fourth-order valence-electron chi connectivity index (χ4n) is 4.04. The highest BCUT2D eigenvalue weighted by Crippen LogP contribution is 2.30. The summed E-state index contributed by atoms with van der Waals surface area (Å²) in [6, 6.07) is 5.71. The Bertz CT molecular complexity index is 1190. The number of aromatic nitrogens is 4. The zero-order valence-electron chi connectivity index (χ0n) is 16.6. The van der Waals surface area contributed by atoms with Crippen LogP contribution in [-0.4, -0.2) is 45.3 Å². The van der Waals surface area contributed by atoms with Crippen LogP contribution in [0, 0.1) is 12.7 Å². The lowest BCUT2D eigenvalue weighted by molar-refractivity contribution is 0.590. The van der Waals surface area contributed by atoms with Crippen LogP contribution in [0.3, 0.4) is 0 Å². The minimum absolute atomic E-state index is 0.308. The van der Waals surface area contributed by atoms with E-state index in [-0.39, 0.29) is 5.82 Å². The molecule has 4 aromatic rings. The highest BCUT2D eigenvalue weighted by Gasteiger charge is 2.17. The lowest BCUT2D eigenvalue weighted by Crippen LogP contribution is -2.43. The molecular formula is C21H24FN7. The first-order chi connectivity index (χ1) is 14.1. The molecule has 1 aliphatic rings. The molecule has 0 amide bonds. The van der Waals surface area contributed by atoms with E-state index in [2.05, 4.69) is 43.9 Å². The van der Waals surface area contributed by atoms with E-state index in [1.165, 1.54) is 11.8 Å². The number of hydrogen-bond donors (Lipinski definition) is 2. The van der Waals surface area contributed by atoms with Crippen molar-refractivity contribution in [2.75, 3.05) is 36.4 Å². The van der Waals surface area contributed by atoms with Crippen molar-refractivity contribution in [1.29, 1.82) is 0 Å². The Hall–Kier alpha value is -3.13. The predicted octanol–water partition coefficient (Wildman–Crippen LogP) is 2.69. The molecule has 0 atom stereocenters. The van der Waals surface area contributed by atoms with Crippen molar-refractivity contribution in [3.63, 3.8) is 0 Å². The van der Waals surface area contributed by atoms with E-state index in [4.69, 9.17) is 0 Å². The highest BCUT2D eigenvalue weighted by molar-refractivity contribution is 5.94. The van der Waals surface area contributed by atoms with Gasteiger partial charge in [-0.25, -0.2) is 9.37 Å². The monoisotopic (exact) mass is 393 g/mol. The van der Waals surface area contributed by atoms with E-state index in [9.17, 15) is 4.39 Å². The topological polar surface area (TPSA) is 62.4 Å². The SMILES string of the molecule is Cc1cn2cc(NCc3ccc(N4CCNCC4)c4cn(C)nc34)c(F)cc2n1. The van der Waals surface area contributed by atoms with Gasteiger partial charge >= 0.3 is 0 Å². The number of imidazole rings is 1. The van der Waals surface area contributed by atoms with Crippen molar-refractivity contribution in [3.8, 4) is 0 Å². The van der Waals surface area contributed by atoms with Gasteiger partial charge in [-0.1, -0.05) is 6.07 Å². The smallest absolute Gasteiger partial charge is 0.151 e. The highest BCUT2D eigenvalue weighted by atomic mass is 19.1. The Balaban J connectivity index is 1.46. The Labute approximate surface area is 168 Å². The summed E-state index contributed by atoms with van der Waals surface area (Å²) in [5, 5.41) is 12.4. The minimum atomic E-state index is -0.308. The Morgan fingerprint density at radius 1 is 1.17 bits per heavy atom. The lowest BCUT2D eigenvalue weighted by atomic mass is 10.1. The van der Waals surface area contributed by atoms with Gasteiger partial charge in [0.05, 0.1) is 16.9 Å². The molecule has 1 aliphatic heterocycles. The molecule has 0 spiro atoms. The van der Waals surface area contributed by atoms with Gasteiger partial charge in [-0.2, -0.15) is 5.10 Å². The van der Waals surface area contributed by atoms with Crippen molar-refractivity contribution in [2.24, 2.45) is 7.05 Å². The third-order valence-corrected chi connectivity index (χ3v) is 5.44. The van der Waals surface area contributed by atoms with Gasteiger partial charge in [0.2, 0.25) is 0 Å². The van der Waals surface area contributed by atoms with E-state index in [0.717, 1.165) is 48.3 Å². The molecule has 0 aliphatic carbocycles. The van der Waals surface area contributed by atoms with E-state index in [0.29, 0.717) is 17.9 Å². The average Bonchev–Trinajstić information content (AvgIpc) is 3.27. The maximum absolute atomic E-state index is 14.5. The Morgan fingerprint density at radius 2 is 2.00 bits per heavy atom. The molecule has 3 aromatic heterocycles. The number of hydrogen-bond acceptors (Lipinski definition) is 5. The minimum Gasteiger partial charge on any atom is -0.377 e. The standard InChI is InChI=1S/C21H24FN7/c1-14-11-29-13-18(17(22)9-20(29)25-14)24-10-15-3-4-19(28-7-5-23-6-8-28)16-12-27(2)26-21(15)16/h3-4,9,11-13,23-24H,5-8,10H2,1-2H3. The van der Waals surface area contributed by atoms with E-state index in [1.807, 2.05) is 29.3 Å². The number of rotatable bonds is 4. The largest absolute Gasteiger partial charge is 0.377 e. The normalized spacial score (nSPS) is 14.8. The van der Waals surface area contributed by atoms with E-state index in [1.54, 1.807) is 6.20 Å². The van der Waals surface area contributed by atoms with Crippen molar-refractivity contribution < 1.29 is 4.39 Å². The molecule has 2 N–H and O–H groups in total. The Morgan fingerprint density at radius 3 is 2.83 bits per heavy atom. The number of anilines is 2. The summed E-state index contributed by atoms with van der Waals surface area (Å²) in [5.41, 5.74) is 5.13. The van der Waals surface area contributed by atoms with Gasteiger partial charge in [0, 0.05) is 75.5 Å². The second kappa shape index (κ2) is 7.04. The quantitative estimate of drug-likeness (QED) is 0.558. The van der Waals surface area contributed by atoms with Gasteiger partial charge in [-0.3, -0.25) is 4.68 Å². The maximum Gasteiger partial charge on any atom is 0.151 e. The molecule has 8 heteroatoms. The Kier molecular flexibility index (Phi) is 4.35. The third kappa shape index (κ3) is 3.29. The first kappa shape index (κ1) is 17.9. The zero-order chi connectivity index (χ0) is 20.0. The number of fused-ring (bicyclic) bond motifs is 2. The lowest BCUT2D eigenvalue weighted by Gasteiger charge is -2.30. The molecule has 29 heavy (non-hydrogen) atoms. The van der Waals surface area contributed by atoms with Crippen LogP contribution in [0.25, 0.3) is 16.6 Å². The van der Waals surface area contributed by atoms with Crippen molar-refractivity contribution >= 4 is 27.9 Å². The van der Waals surface area contributed by atoms with Crippen LogP contribution < -0.4 is 15.5 Å². The molecule has 1 saturated heterocycles. The van der Waals surface area contributed by atoms with Gasteiger partial charge in [0.25, 0.3) is 0 Å². The predicted molar refractivity (Wildman–Crippen MR) is 113 cm³/mol. The van der Waals surface area contributed by atoms with E-state index < -0.39 is 0 Å². The van der Waals surface area contributed by atoms with Crippen LogP contribution in [0.1, 0.15) is 11.3 Å². The zero-order valence-corrected chi connectivity index (χ0v) is 16.6. The van der Waals surface area contributed by atoms with Crippen LogP contribution in [0.15, 0.2) is 36.8 Å². The van der Waals surface area contributed by atoms with Crippen molar-refractivity contribution in [3.05, 3.63) is 53.9 Å². The molecule has 4 heterocycles. The van der Waals surface area contributed by atoms with Crippen molar-refractivity contribution in [1.82, 2.24) is 24.5 Å². The number of benzene rings is 1. The van der Waals surface area contributed by atoms with Gasteiger partial charge in [0.15, 0.2) is 5.82 Å². The molecule has 1 fully saturated rings. The van der Waals surface area contributed by atoms with Crippen molar-refractivity contribution in [2.45, 2.75) is 13.5 Å². The molecule has 150 valence electrons. The number of piperazine rings is 1.